The Kier molecular flexibility index (Phi) is 15.2. The van der Waals surface area contributed by atoms with Crippen LogP contribution in [0.1, 0.15) is 108 Å². The topological polar surface area (TPSA) is 227 Å². The first-order valence-electron chi connectivity index (χ1n) is 19.4. The highest BCUT2D eigenvalue weighted by Crippen LogP contribution is 2.18. The van der Waals surface area contributed by atoms with Crippen molar-refractivity contribution < 1.29 is 28.8 Å². The largest absolute Gasteiger partial charge is 0.345 e. The minimum Gasteiger partial charge on any atom is -0.345 e. The summed E-state index contributed by atoms with van der Waals surface area (Å²) < 4.78 is 0. The summed E-state index contributed by atoms with van der Waals surface area (Å²) in [4.78, 5) is 106. The van der Waals surface area contributed by atoms with Crippen LogP contribution in [-0.4, -0.2) is 79.6 Å². The van der Waals surface area contributed by atoms with Crippen molar-refractivity contribution in [3.63, 3.8) is 0 Å². The lowest BCUT2D eigenvalue weighted by Crippen LogP contribution is -2.08. The Balaban J connectivity index is 0.000000156. The predicted molar refractivity (Wildman–Crippen MR) is 239 cm³/mol. The highest BCUT2D eigenvalue weighted by molar-refractivity contribution is 7.12. The zero-order valence-electron chi connectivity index (χ0n) is 33.0. The molecule has 0 saturated heterocycles. The zero-order chi connectivity index (χ0) is 43.3. The Morgan fingerprint density at radius 1 is 0.429 bits per heavy atom. The summed E-state index contributed by atoms with van der Waals surface area (Å²) in [6.45, 7) is 0. The number of carbonyl (C=O) groups is 6. The fourth-order valence-electron chi connectivity index (χ4n) is 6.21. The van der Waals surface area contributed by atoms with Crippen LogP contribution in [-0.2, 0) is 0 Å². The molecular formula is C47H41N9O6S. The van der Waals surface area contributed by atoms with Gasteiger partial charge in [0.2, 0.25) is 0 Å². The summed E-state index contributed by atoms with van der Waals surface area (Å²) in [5.41, 5.74) is 7.06. The van der Waals surface area contributed by atoms with Gasteiger partial charge in [-0.05, 0) is 84.2 Å². The Morgan fingerprint density at radius 2 is 0.873 bits per heavy atom. The first-order chi connectivity index (χ1) is 30.2. The van der Waals surface area contributed by atoms with E-state index in [1.807, 2.05) is 11.4 Å². The van der Waals surface area contributed by atoms with E-state index in [0.29, 0.717) is 27.3 Å². The molecular weight excluding hydrogens is 819 g/mol. The molecule has 0 saturated carbocycles. The van der Waals surface area contributed by atoms with Crippen LogP contribution in [0.5, 0.6) is 0 Å². The summed E-state index contributed by atoms with van der Waals surface area (Å²) in [5, 5.41) is 1.86. The number of hydrogen-bond acceptors (Lipinski definition) is 13. The number of nitrogens with zero attached hydrogens (tertiary/aromatic N) is 6. The number of pyridine rings is 1. The van der Waals surface area contributed by atoms with Crippen molar-refractivity contribution in [2.45, 2.75) is 46.0 Å². The molecule has 9 aromatic rings. The van der Waals surface area contributed by atoms with Crippen molar-refractivity contribution in [2.75, 3.05) is 0 Å². The number of hydrogen-bond donors (Lipinski definition) is 3. The molecule has 0 spiro atoms. The molecule has 0 bridgehead atoms. The number of nitrogens with one attached hydrogen (secondary N) is 3. The van der Waals surface area contributed by atoms with Crippen LogP contribution in [0.2, 0.25) is 0 Å². The van der Waals surface area contributed by atoms with Crippen LogP contribution in [0, 0.1) is 0 Å². The molecule has 15 nitrogen and oxygen atoms in total. The van der Waals surface area contributed by atoms with E-state index in [2.05, 4.69) is 44.9 Å². The Morgan fingerprint density at radius 3 is 1.32 bits per heavy atom. The van der Waals surface area contributed by atoms with E-state index in [1.165, 1.54) is 23.7 Å². The van der Waals surface area contributed by atoms with Gasteiger partial charge in [0, 0.05) is 73.8 Å². The van der Waals surface area contributed by atoms with Crippen molar-refractivity contribution in [1.29, 1.82) is 0 Å². The molecule has 63 heavy (non-hydrogen) atoms. The number of imidazole rings is 3. The number of benzene rings is 3. The maximum absolute atomic E-state index is 12.1. The van der Waals surface area contributed by atoms with Gasteiger partial charge in [-0.25, -0.2) is 24.9 Å². The molecule has 6 aromatic heterocycles. The second-order valence-electron chi connectivity index (χ2n) is 13.7. The van der Waals surface area contributed by atoms with E-state index in [1.54, 1.807) is 110 Å². The quantitative estimate of drug-likeness (QED) is 0.0820. The highest BCUT2D eigenvalue weighted by Gasteiger charge is 2.15. The number of ketones is 6. The fourth-order valence-corrected chi connectivity index (χ4v) is 6.91. The van der Waals surface area contributed by atoms with Crippen LogP contribution in [0.25, 0.3) is 33.1 Å². The summed E-state index contributed by atoms with van der Waals surface area (Å²) in [6.07, 6.45) is 10.4. The second kappa shape index (κ2) is 21.5. The number of fused-ring (bicyclic) bond motifs is 3. The molecule has 0 radical (unpaired) electrons. The van der Waals surface area contributed by atoms with Gasteiger partial charge >= 0.3 is 0 Å². The lowest BCUT2D eigenvalue weighted by molar-refractivity contribution is 0.0912. The molecule has 9 rings (SSSR count). The molecule has 0 atom stereocenters. The van der Waals surface area contributed by atoms with Crippen molar-refractivity contribution in [3.8, 4) is 0 Å². The normalized spacial score (nSPS) is 10.5. The standard InChI is InChI=1S/C16H13N3O2.C15H12N4O2.C15H12N2O2S.CH4/c20-15(6-7-16(21)13-3-1-2-8-17-13)11-4-5-12-14(9-11)19-10-18-12;20-13(4-5-14(21)15-16-6-1-7-17-15)10-2-3-11-12(8-10)19-9-18-11;18-13(5-6-14(19)15-2-1-7-20-15)10-3-4-11-12(8-10)17-9-16-11;/h1-5,8-10H,6-7H2,(H,18,19);1-3,6-9H,4-5H2,(H,18,19);1-4,7-9H,5-6H2,(H,16,17);1H4. The van der Waals surface area contributed by atoms with Gasteiger partial charge < -0.3 is 15.0 Å². The van der Waals surface area contributed by atoms with Crippen LogP contribution in [0.15, 0.2) is 134 Å². The van der Waals surface area contributed by atoms with Crippen molar-refractivity contribution in [2.24, 2.45) is 0 Å². The maximum Gasteiger partial charge on any atom is 0.200 e. The smallest absolute Gasteiger partial charge is 0.200 e. The first kappa shape index (κ1) is 44.6. The van der Waals surface area contributed by atoms with E-state index >= 15 is 0 Å². The summed E-state index contributed by atoms with van der Waals surface area (Å²) in [6, 6.07) is 26.3. The number of carbonyl (C=O) groups excluding carboxylic acids is 6. The van der Waals surface area contributed by atoms with Gasteiger partial charge in [-0.2, -0.15) is 0 Å². The predicted octanol–water partition coefficient (Wildman–Crippen LogP) is 9.11. The number of Topliss-reactive ketones (excluding diaryl/α,β-unsaturated/α-hetero) is 6. The van der Waals surface area contributed by atoms with E-state index in [4.69, 9.17) is 0 Å². The molecule has 0 aliphatic rings. The van der Waals surface area contributed by atoms with Gasteiger partial charge in [0.25, 0.3) is 0 Å². The van der Waals surface area contributed by atoms with Crippen molar-refractivity contribution in [3.05, 3.63) is 167 Å². The first-order valence-corrected chi connectivity index (χ1v) is 20.3. The third-order valence-corrected chi connectivity index (χ3v) is 10.4. The van der Waals surface area contributed by atoms with Gasteiger partial charge in [0.05, 0.1) is 57.0 Å². The van der Waals surface area contributed by atoms with Gasteiger partial charge in [0.1, 0.15) is 5.69 Å². The molecule has 6 heterocycles. The highest BCUT2D eigenvalue weighted by atomic mass is 32.1. The fraction of sp³-hybridized carbons (Fsp3) is 0.149. The molecule has 3 aromatic carbocycles. The lowest BCUT2D eigenvalue weighted by atomic mass is 10.0. The molecule has 0 fully saturated rings. The van der Waals surface area contributed by atoms with Crippen molar-refractivity contribution >= 4 is 79.1 Å². The van der Waals surface area contributed by atoms with E-state index in [9.17, 15) is 28.8 Å². The summed E-state index contributed by atoms with van der Waals surface area (Å²) in [7, 11) is 0. The van der Waals surface area contributed by atoms with E-state index in [-0.39, 0.29) is 86.5 Å². The summed E-state index contributed by atoms with van der Waals surface area (Å²) in [5.74, 6) is -0.346. The van der Waals surface area contributed by atoms with E-state index in [0.717, 1.165) is 33.1 Å². The molecule has 3 N–H and O–H groups in total. The van der Waals surface area contributed by atoms with E-state index < -0.39 is 0 Å². The molecule has 0 aliphatic carbocycles. The molecule has 0 amide bonds. The molecule has 316 valence electrons. The Hall–Kier alpha value is -7.98. The maximum atomic E-state index is 12.1. The zero-order valence-corrected chi connectivity index (χ0v) is 33.8. The molecule has 0 aliphatic heterocycles. The second-order valence-corrected chi connectivity index (χ2v) is 14.7. The van der Waals surface area contributed by atoms with Crippen LogP contribution < -0.4 is 0 Å². The SMILES string of the molecule is C.O=C(CCC(=O)c1ccccn1)c1ccc2nc[nH]c2c1.O=C(CCC(=O)c1cccs1)c1ccc2nc[nH]c2c1.O=C(CCC(=O)c1ncccn1)c1ccc2nc[nH]c2c1. The van der Waals surface area contributed by atoms with Crippen LogP contribution >= 0.6 is 11.3 Å². The number of H-pyrrole nitrogens is 3. The third kappa shape index (κ3) is 11.9. The van der Waals surface area contributed by atoms with Crippen molar-refractivity contribution in [1.82, 2.24) is 44.9 Å². The number of rotatable bonds is 15. The van der Waals surface area contributed by atoms with Crippen LogP contribution in [0.4, 0.5) is 0 Å². The molecule has 0 unspecified atom stereocenters. The molecule has 16 heteroatoms. The third-order valence-electron chi connectivity index (χ3n) is 9.53. The average molecular weight is 860 g/mol. The average Bonchev–Trinajstić information content (AvgIpc) is 4.17. The Labute approximate surface area is 364 Å². The number of aromatic amines is 3. The minimum absolute atomic E-state index is 0. The Bertz CT molecular complexity index is 2860. The van der Waals surface area contributed by atoms with Gasteiger partial charge in [-0.15, -0.1) is 11.3 Å². The monoisotopic (exact) mass is 859 g/mol. The lowest BCUT2D eigenvalue weighted by Gasteiger charge is -2.01. The minimum atomic E-state index is -0.230. The summed E-state index contributed by atoms with van der Waals surface area (Å²) >= 11 is 1.41. The number of thiophene rings is 1. The van der Waals surface area contributed by atoms with Gasteiger partial charge in [-0.1, -0.05) is 19.6 Å². The van der Waals surface area contributed by atoms with Crippen LogP contribution in [0.3, 0.4) is 0 Å². The number of aromatic nitrogens is 9. The van der Waals surface area contributed by atoms with Gasteiger partial charge in [0.15, 0.2) is 40.5 Å². The van der Waals surface area contributed by atoms with Gasteiger partial charge in [-0.3, -0.25) is 33.8 Å².